The molecule has 0 aromatic heterocycles. The average molecular weight is 281 g/mol. The van der Waals surface area contributed by atoms with E-state index in [1.807, 2.05) is 0 Å². The zero-order chi connectivity index (χ0) is 15.2. The van der Waals surface area contributed by atoms with E-state index in [0.717, 1.165) is 6.54 Å². The van der Waals surface area contributed by atoms with Gasteiger partial charge in [-0.25, -0.2) is 0 Å². The first-order valence-electron chi connectivity index (χ1n) is 8.21. The van der Waals surface area contributed by atoms with Gasteiger partial charge in [-0.15, -0.1) is 0 Å². The molecule has 2 N–H and O–H groups in total. The van der Waals surface area contributed by atoms with Crippen LogP contribution < -0.4 is 5.73 Å². The molecule has 0 bridgehead atoms. The second kappa shape index (κ2) is 5.26. The number of nitrogens with two attached hydrogens (primary N) is 1. The van der Waals surface area contributed by atoms with Crippen LogP contribution in [0.4, 0.5) is 0 Å². The first-order chi connectivity index (χ1) is 9.09. The molecule has 1 saturated heterocycles. The molecule has 2 aliphatic rings. The molecule has 1 saturated carbocycles. The van der Waals surface area contributed by atoms with E-state index in [9.17, 15) is 0 Å². The monoisotopic (exact) mass is 281 g/mol. The SMILES string of the molecule is CN(C)C1CCN(C2(CN)CC(C)(C)CC(C)(C)C2)C1. The van der Waals surface area contributed by atoms with E-state index < -0.39 is 0 Å². The van der Waals surface area contributed by atoms with E-state index >= 15 is 0 Å². The van der Waals surface area contributed by atoms with Crippen molar-refractivity contribution in [1.82, 2.24) is 9.80 Å². The van der Waals surface area contributed by atoms with Crippen molar-refractivity contribution in [2.75, 3.05) is 33.7 Å². The topological polar surface area (TPSA) is 32.5 Å². The molecule has 1 unspecified atom stereocenters. The maximum atomic E-state index is 6.33. The zero-order valence-corrected chi connectivity index (χ0v) is 14.5. The van der Waals surface area contributed by atoms with Gasteiger partial charge in [0, 0.05) is 31.2 Å². The minimum absolute atomic E-state index is 0.218. The molecule has 0 amide bonds. The summed E-state index contributed by atoms with van der Waals surface area (Å²) in [7, 11) is 4.41. The summed E-state index contributed by atoms with van der Waals surface area (Å²) in [4.78, 5) is 5.10. The van der Waals surface area contributed by atoms with Crippen LogP contribution in [0, 0.1) is 10.8 Å². The van der Waals surface area contributed by atoms with Gasteiger partial charge in [0.1, 0.15) is 0 Å². The molecular formula is C17H35N3. The highest BCUT2D eigenvalue weighted by Crippen LogP contribution is 2.52. The molecule has 1 aliphatic heterocycles. The van der Waals surface area contributed by atoms with Crippen molar-refractivity contribution < 1.29 is 0 Å². The molecule has 118 valence electrons. The van der Waals surface area contributed by atoms with Crippen LogP contribution in [0.2, 0.25) is 0 Å². The summed E-state index contributed by atoms with van der Waals surface area (Å²) in [5.74, 6) is 0. The molecule has 2 fully saturated rings. The third-order valence-corrected chi connectivity index (χ3v) is 5.52. The smallest absolute Gasteiger partial charge is 0.0342 e. The molecule has 0 radical (unpaired) electrons. The molecule has 1 atom stereocenters. The van der Waals surface area contributed by atoms with Crippen molar-refractivity contribution in [3.05, 3.63) is 0 Å². The van der Waals surface area contributed by atoms with Crippen LogP contribution in [-0.4, -0.2) is 55.1 Å². The van der Waals surface area contributed by atoms with Gasteiger partial charge in [-0.1, -0.05) is 27.7 Å². The van der Waals surface area contributed by atoms with Crippen molar-refractivity contribution in [1.29, 1.82) is 0 Å². The van der Waals surface area contributed by atoms with Crippen LogP contribution in [-0.2, 0) is 0 Å². The first-order valence-corrected chi connectivity index (χ1v) is 8.21. The normalized spacial score (nSPS) is 32.7. The predicted molar refractivity (Wildman–Crippen MR) is 86.9 cm³/mol. The van der Waals surface area contributed by atoms with E-state index in [4.69, 9.17) is 5.73 Å². The van der Waals surface area contributed by atoms with E-state index in [1.54, 1.807) is 0 Å². The highest BCUT2D eigenvalue weighted by Gasteiger charge is 2.50. The van der Waals surface area contributed by atoms with Gasteiger partial charge in [0.05, 0.1) is 0 Å². The minimum atomic E-state index is 0.218. The maximum absolute atomic E-state index is 6.33. The molecular weight excluding hydrogens is 246 g/mol. The van der Waals surface area contributed by atoms with Gasteiger partial charge in [0.2, 0.25) is 0 Å². The summed E-state index contributed by atoms with van der Waals surface area (Å²) in [6, 6.07) is 0.701. The zero-order valence-electron chi connectivity index (χ0n) is 14.5. The van der Waals surface area contributed by atoms with Crippen LogP contribution in [0.3, 0.4) is 0 Å². The molecule has 1 aliphatic carbocycles. The Hall–Kier alpha value is -0.120. The summed E-state index contributed by atoms with van der Waals surface area (Å²) >= 11 is 0. The fourth-order valence-corrected chi connectivity index (χ4v) is 5.36. The summed E-state index contributed by atoms with van der Waals surface area (Å²) < 4.78 is 0. The Morgan fingerprint density at radius 2 is 1.60 bits per heavy atom. The summed E-state index contributed by atoms with van der Waals surface area (Å²) in [5.41, 5.74) is 7.35. The van der Waals surface area contributed by atoms with Gasteiger partial charge >= 0.3 is 0 Å². The summed E-state index contributed by atoms with van der Waals surface area (Å²) in [6.45, 7) is 12.9. The number of likely N-dealkylation sites (tertiary alicyclic amines) is 1. The van der Waals surface area contributed by atoms with Gasteiger partial charge in [-0.3, -0.25) is 4.90 Å². The molecule has 0 spiro atoms. The van der Waals surface area contributed by atoms with Crippen LogP contribution >= 0.6 is 0 Å². The lowest BCUT2D eigenvalue weighted by Crippen LogP contribution is -2.60. The summed E-state index contributed by atoms with van der Waals surface area (Å²) in [5, 5.41) is 0. The van der Waals surface area contributed by atoms with Crippen molar-refractivity contribution in [3.63, 3.8) is 0 Å². The van der Waals surface area contributed by atoms with Gasteiger partial charge in [0.15, 0.2) is 0 Å². The predicted octanol–water partition coefficient (Wildman–Crippen LogP) is 2.56. The van der Waals surface area contributed by atoms with Crippen molar-refractivity contribution in [3.8, 4) is 0 Å². The number of likely N-dealkylation sites (N-methyl/N-ethyl adjacent to an activating group) is 1. The standard InChI is InChI=1S/C17H35N3/c1-15(2)10-16(3,4)12-17(11-15,13-18)20-8-7-14(9-20)19(5)6/h14H,7-13,18H2,1-6H3. The van der Waals surface area contributed by atoms with E-state index in [-0.39, 0.29) is 5.54 Å². The van der Waals surface area contributed by atoms with Crippen LogP contribution in [0.1, 0.15) is 53.4 Å². The van der Waals surface area contributed by atoms with Crippen LogP contribution in [0.15, 0.2) is 0 Å². The fourth-order valence-electron chi connectivity index (χ4n) is 5.36. The Bertz CT molecular complexity index is 330. The first kappa shape index (κ1) is 16.3. The lowest BCUT2D eigenvalue weighted by Gasteiger charge is -2.55. The maximum Gasteiger partial charge on any atom is 0.0342 e. The highest BCUT2D eigenvalue weighted by molar-refractivity contribution is 5.06. The van der Waals surface area contributed by atoms with Crippen molar-refractivity contribution in [2.45, 2.75) is 65.0 Å². The second-order valence-electron chi connectivity index (χ2n) is 9.14. The van der Waals surface area contributed by atoms with E-state index in [2.05, 4.69) is 51.6 Å². The molecule has 3 nitrogen and oxygen atoms in total. The number of hydrogen-bond acceptors (Lipinski definition) is 3. The van der Waals surface area contributed by atoms with Crippen LogP contribution in [0.25, 0.3) is 0 Å². The number of hydrogen-bond donors (Lipinski definition) is 1. The highest BCUT2D eigenvalue weighted by atomic mass is 15.3. The Balaban J connectivity index is 2.21. The lowest BCUT2D eigenvalue weighted by molar-refractivity contribution is -0.0353. The third kappa shape index (κ3) is 3.20. The molecule has 3 heteroatoms. The molecule has 1 heterocycles. The van der Waals surface area contributed by atoms with Gasteiger partial charge in [0.25, 0.3) is 0 Å². The van der Waals surface area contributed by atoms with Gasteiger partial charge in [-0.05, 0) is 50.6 Å². The Morgan fingerprint density at radius 1 is 1.05 bits per heavy atom. The molecule has 0 aromatic carbocycles. The van der Waals surface area contributed by atoms with Crippen molar-refractivity contribution in [2.24, 2.45) is 16.6 Å². The summed E-state index contributed by atoms with van der Waals surface area (Å²) in [6.07, 6.45) is 5.10. The average Bonchev–Trinajstić information content (AvgIpc) is 2.74. The molecule has 0 aromatic rings. The van der Waals surface area contributed by atoms with Crippen LogP contribution in [0.5, 0.6) is 0 Å². The van der Waals surface area contributed by atoms with Crippen molar-refractivity contribution >= 4 is 0 Å². The Labute approximate surface area is 125 Å². The third-order valence-electron chi connectivity index (χ3n) is 5.52. The number of nitrogens with zero attached hydrogens (tertiary/aromatic N) is 2. The Kier molecular flexibility index (Phi) is 4.27. The quantitative estimate of drug-likeness (QED) is 0.863. The minimum Gasteiger partial charge on any atom is -0.329 e. The lowest BCUT2D eigenvalue weighted by atomic mass is 9.58. The van der Waals surface area contributed by atoms with Gasteiger partial charge in [-0.2, -0.15) is 0 Å². The molecule has 20 heavy (non-hydrogen) atoms. The fraction of sp³-hybridized carbons (Fsp3) is 1.00. The van der Waals surface area contributed by atoms with E-state index in [0.29, 0.717) is 16.9 Å². The van der Waals surface area contributed by atoms with Gasteiger partial charge < -0.3 is 10.6 Å². The number of rotatable bonds is 3. The second-order valence-corrected chi connectivity index (χ2v) is 9.14. The Morgan fingerprint density at radius 3 is 2.00 bits per heavy atom. The van der Waals surface area contributed by atoms with E-state index in [1.165, 1.54) is 38.8 Å². The molecule has 2 rings (SSSR count). The largest absolute Gasteiger partial charge is 0.329 e.